The van der Waals surface area contributed by atoms with Crippen molar-refractivity contribution in [3.8, 4) is 11.9 Å². The topological polar surface area (TPSA) is 57.9 Å². The number of pyridine rings is 1. The summed E-state index contributed by atoms with van der Waals surface area (Å²) >= 11 is 5.74. The fourth-order valence-corrected chi connectivity index (χ4v) is 2.99. The summed E-state index contributed by atoms with van der Waals surface area (Å²) in [6.45, 7) is 1.63. The van der Waals surface area contributed by atoms with Crippen LogP contribution in [0.1, 0.15) is 24.1 Å². The van der Waals surface area contributed by atoms with Crippen LogP contribution in [0.4, 0.5) is 4.39 Å². The number of aromatic nitrogens is 1. The molecule has 2 heterocycles. The van der Waals surface area contributed by atoms with Gasteiger partial charge in [0.15, 0.2) is 0 Å². The minimum Gasteiger partial charge on any atom is -0.473 e. The molecule has 4 nitrogen and oxygen atoms in total. The second-order valence-electron chi connectivity index (χ2n) is 5.83. The van der Waals surface area contributed by atoms with Crippen LogP contribution in [0, 0.1) is 17.1 Å². The molecule has 2 aromatic rings. The van der Waals surface area contributed by atoms with Crippen molar-refractivity contribution in [2.75, 3.05) is 13.1 Å². The summed E-state index contributed by atoms with van der Waals surface area (Å²) in [6, 6.07) is 12.3. The quantitative estimate of drug-likeness (QED) is 0.919. The number of halogens is 2. The smallest absolute Gasteiger partial charge is 0.213 e. The van der Waals surface area contributed by atoms with E-state index in [1.807, 2.05) is 12.1 Å². The third-order valence-corrected chi connectivity index (χ3v) is 4.51. The van der Waals surface area contributed by atoms with Gasteiger partial charge in [-0.15, -0.1) is 0 Å². The first-order valence-corrected chi connectivity index (χ1v) is 8.17. The minimum absolute atomic E-state index is 0.0561. The zero-order valence-corrected chi connectivity index (χ0v) is 13.8. The third-order valence-electron chi connectivity index (χ3n) is 4.28. The average molecular weight is 346 g/mol. The van der Waals surface area contributed by atoms with Gasteiger partial charge in [-0.25, -0.2) is 9.37 Å². The van der Waals surface area contributed by atoms with Gasteiger partial charge in [-0.1, -0.05) is 23.7 Å². The van der Waals surface area contributed by atoms with Gasteiger partial charge in [0.1, 0.15) is 17.8 Å². The zero-order chi connectivity index (χ0) is 17.0. The van der Waals surface area contributed by atoms with Gasteiger partial charge in [0.25, 0.3) is 0 Å². The Morgan fingerprint density at radius 2 is 2.08 bits per heavy atom. The number of piperidine rings is 1. The summed E-state index contributed by atoms with van der Waals surface area (Å²) in [5.74, 6) is -0.0273. The molecule has 124 valence electrons. The van der Waals surface area contributed by atoms with Crippen LogP contribution in [0.2, 0.25) is 5.02 Å². The number of rotatable bonds is 4. The number of ether oxygens (including phenoxy) is 1. The molecule has 0 aliphatic carbocycles. The molecule has 24 heavy (non-hydrogen) atoms. The van der Waals surface area contributed by atoms with Crippen LogP contribution in [-0.2, 0) is 12.0 Å². The van der Waals surface area contributed by atoms with Crippen LogP contribution in [0.25, 0.3) is 0 Å². The van der Waals surface area contributed by atoms with Gasteiger partial charge in [0, 0.05) is 16.7 Å². The predicted molar refractivity (Wildman–Crippen MR) is 89.4 cm³/mol. The first-order valence-electron chi connectivity index (χ1n) is 7.79. The van der Waals surface area contributed by atoms with Gasteiger partial charge in [0.05, 0.1) is 11.8 Å². The Balaban J connectivity index is 1.77. The van der Waals surface area contributed by atoms with Crippen molar-refractivity contribution in [2.24, 2.45) is 0 Å². The molecule has 1 aromatic heterocycles. The highest BCUT2D eigenvalue weighted by molar-refractivity contribution is 6.30. The van der Waals surface area contributed by atoms with E-state index in [1.165, 1.54) is 6.07 Å². The molecule has 6 heteroatoms. The Kier molecular flexibility index (Phi) is 4.98. The van der Waals surface area contributed by atoms with E-state index in [-0.39, 0.29) is 6.61 Å². The lowest BCUT2D eigenvalue weighted by atomic mass is 9.77. The van der Waals surface area contributed by atoms with Crippen LogP contribution in [-0.4, -0.2) is 18.1 Å². The highest BCUT2D eigenvalue weighted by Crippen LogP contribution is 2.32. The molecule has 1 aromatic carbocycles. The fourth-order valence-electron chi connectivity index (χ4n) is 2.83. The summed E-state index contributed by atoms with van der Waals surface area (Å²) in [4.78, 5) is 4.48. The first-order chi connectivity index (χ1) is 11.6. The molecular formula is C18H17ClFN3O. The molecular weight excluding hydrogens is 329 g/mol. The van der Waals surface area contributed by atoms with Crippen molar-refractivity contribution in [1.29, 1.82) is 5.26 Å². The van der Waals surface area contributed by atoms with Crippen molar-refractivity contribution in [3.05, 3.63) is 58.5 Å². The number of nitrogens with zero attached hydrogens (tertiary/aromatic N) is 2. The van der Waals surface area contributed by atoms with Gasteiger partial charge in [-0.2, -0.15) is 5.26 Å². The van der Waals surface area contributed by atoms with E-state index in [4.69, 9.17) is 16.3 Å². The Morgan fingerprint density at radius 1 is 1.29 bits per heavy atom. The molecule has 1 aliphatic heterocycles. The average Bonchev–Trinajstić information content (AvgIpc) is 2.62. The molecule has 1 N–H and O–H groups in total. The van der Waals surface area contributed by atoms with Crippen LogP contribution in [0.15, 0.2) is 36.4 Å². The van der Waals surface area contributed by atoms with Gasteiger partial charge >= 0.3 is 0 Å². The number of benzene rings is 1. The monoisotopic (exact) mass is 345 g/mol. The molecule has 1 fully saturated rings. The van der Waals surface area contributed by atoms with E-state index < -0.39 is 11.2 Å². The van der Waals surface area contributed by atoms with Crippen molar-refractivity contribution in [1.82, 2.24) is 10.3 Å². The first kappa shape index (κ1) is 16.7. The van der Waals surface area contributed by atoms with Crippen molar-refractivity contribution in [3.63, 3.8) is 0 Å². The lowest BCUT2D eigenvalue weighted by Crippen LogP contribution is -2.39. The van der Waals surface area contributed by atoms with Gasteiger partial charge in [-0.3, -0.25) is 0 Å². The van der Waals surface area contributed by atoms with E-state index in [0.29, 0.717) is 35.0 Å². The van der Waals surface area contributed by atoms with E-state index in [9.17, 15) is 9.65 Å². The number of hydrogen-bond donors (Lipinski definition) is 1. The largest absolute Gasteiger partial charge is 0.473 e. The molecule has 0 amide bonds. The molecule has 1 aliphatic rings. The number of nitrogens with one attached hydrogen (secondary N) is 1. The highest BCUT2D eigenvalue weighted by atomic mass is 35.5. The van der Waals surface area contributed by atoms with E-state index in [0.717, 1.165) is 13.1 Å². The van der Waals surface area contributed by atoms with Gasteiger partial charge in [-0.05, 0) is 44.1 Å². The lowest BCUT2D eigenvalue weighted by molar-refractivity contribution is 0.283. The highest BCUT2D eigenvalue weighted by Gasteiger charge is 2.35. The summed E-state index contributed by atoms with van der Waals surface area (Å²) < 4.78 is 19.4. The fraction of sp³-hybridized carbons (Fsp3) is 0.333. The van der Waals surface area contributed by atoms with Gasteiger partial charge in [0.2, 0.25) is 5.88 Å². The van der Waals surface area contributed by atoms with Crippen molar-refractivity contribution >= 4 is 11.6 Å². The van der Waals surface area contributed by atoms with E-state index in [1.54, 1.807) is 18.2 Å². The summed E-state index contributed by atoms with van der Waals surface area (Å²) in [5, 5.41) is 13.2. The molecule has 1 saturated heterocycles. The molecule has 3 rings (SSSR count). The third kappa shape index (κ3) is 3.50. The van der Waals surface area contributed by atoms with Crippen molar-refractivity contribution in [2.45, 2.75) is 24.9 Å². The molecule has 0 radical (unpaired) electrons. The minimum atomic E-state index is -0.587. The second kappa shape index (κ2) is 7.16. The predicted octanol–water partition coefficient (Wildman–Crippen LogP) is 3.60. The molecule has 0 spiro atoms. The Bertz CT molecular complexity index is 769. The summed E-state index contributed by atoms with van der Waals surface area (Å²) in [6.07, 6.45) is 1.43. The standard InChI is InChI=1S/C18H17ClFN3O/c19-14-5-4-13(15(20)10-14)11-24-17-3-1-2-16(23-17)18(12-21)6-8-22-9-7-18/h1-5,10,22H,6-9,11H2. The van der Waals surface area contributed by atoms with E-state index in [2.05, 4.69) is 16.4 Å². The second-order valence-corrected chi connectivity index (χ2v) is 6.27. The Morgan fingerprint density at radius 3 is 2.79 bits per heavy atom. The molecule has 0 atom stereocenters. The van der Waals surface area contributed by atoms with E-state index >= 15 is 0 Å². The van der Waals surface area contributed by atoms with Crippen LogP contribution < -0.4 is 10.1 Å². The normalized spacial score (nSPS) is 16.4. The number of hydrogen-bond acceptors (Lipinski definition) is 4. The molecule has 0 unspecified atom stereocenters. The SMILES string of the molecule is N#CC1(c2cccc(OCc3ccc(Cl)cc3F)n2)CCNCC1. The van der Waals surface area contributed by atoms with Crippen LogP contribution in [0.5, 0.6) is 5.88 Å². The maximum Gasteiger partial charge on any atom is 0.213 e. The van der Waals surface area contributed by atoms with Crippen LogP contribution >= 0.6 is 11.6 Å². The Labute approximate surface area is 145 Å². The summed E-state index contributed by atoms with van der Waals surface area (Å²) in [7, 11) is 0. The summed E-state index contributed by atoms with van der Waals surface area (Å²) in [5.41, 5.74) is 0.528. The molecule has 0 saturated carbocycles. The van der Waals surface area contributed by atoms with Crippen LogP contribution in [0.3, 0.4) is 0 Å². The zero-order valence-electron chi connectivity index (χ0n) is 13.1. The van der Waals surface area contributed by atoms with Gasteiger partial charge < -0.3 is 10.1 Å². The Hall–Kier alpha value is -2.16. The maximum atomic E-state index is 13.8. The number of nitriles is 1. The van der Waals surface area contributed by atoms with Crippen molar-refractivity contribution < 1.29 is 9.13 Å². The maximum absolute atomic E-state index is 13.8. The lowest BCUT2D eigenvalue weighted by Gasteiger charge is -2.30. The molecule has 0 bridgehead atoms.